The molecule has 2 N–H and O–H groups in total. The van der Waals surface area contributed by atoms with Gasteiger partial charge in [-0.05, 0) is 25.2 Å². The Kier molecular flexibility index (Phi) is 2.93. The molecule has 1 saturated carbocycles. The number of aromatic nitrogens is 3. The van der Waals surface area contributed by atoms with E-state index in [4.69, 9.17) is 5.73 Å². The molecule has 15 heavy (non-hydrogen) atoms. The minimum atomic E-state index is 0.522. The molecule has 0 aromatic carbocycles. The van der Waals surface area contributed by atoms with Crippen LogP contribution in [-0.4, -0.2) is 15.0 Å². The Morgan fingerprint density at radius 2 is 2.27 bits per heavy atom. The second-order valence-electron chi connectivity index (χ2n) is 4.65. The van der Waals surface area contributed by atoms with Crippen LogP contribution in [0.2, 0.25) is 0 Å². The van der Waals surface area contributed by atoms with Crippen LogP contribution in [0.5, 0.6) is 0 Å². The van der Waals surface area contributed by atoms with Gasteiger partial charge in [0.1, 0.15) is 0 Å². The number of nitrogen functional groups attached to an aromatic ring is 1. The van der Waals surface area contributed by atoms with Crippen molar-refractivity contribution in [2.75, 3.05) is 5.73 Å². The van der Waals surface area contributed by atoms with Crippen molar-refractivity contribution in [2.24, 2.45) is 5.92 Å². The van der Waals surface area contributed by atoms with Crippen LogP contribution in [0.4, 0.5) is 5.82 Å². The number of nitrogens with zero attached hydrogens (tertiary/aromatic N) is 3. The molecule has 0 amide bonds. The van der Waals surface area contributed by atoms with Crippen molar-refractivity contribution >= 4 is 5.82 Å². The summed E-state index contributed by atoms with van der Waals surface area (Å²) < 4.78 is 2.06. The van der Waals surface area contributed by atoms with Gasteiger partial charge in [-0.2, -0.15) is 0 Å². The van der Waals surface area contributed by atoms with E-state index < -0.39 is 0 Å². The van der Waals surface area contributed by atoms with Gasteiger partial charge in [0.15, 0.2) is 5.82 Å². The lowest BCUT2D eigenvalue weighted by Gasteiger charge is -2.27. The van der Waals surface area contributed by atoms with Gasteiger partial charge in [0.2, 0.25) is 0 Å². The van der Waals surface area contributed by atoms with Crippen LogP contribution >= 0.6 is 0 Å². The first kappa shape index (κ1) is 10.5. The number of hydrogen-bond acceptors (Lipinski definition) is 3. The second-order valence-corrected chi connectivity index (χ2v) is 4.65. The molecule has 1 aromatic rings. The van der Waals surface area contributed by atoms with Crippen LogP contribution in [-0.2, 0) is 6.42 Å². The molecule has 0 radical (unpaired) electrons. The fourth-order valence-electron chi connectivity index (χ4n) is 2.59. The molecule has 1 aromatic heterocycles. The Labute approximate surface area is 90.8 Å². The van der Waals surface area contributed by atoms with Crippen LogP contribution in [0.15, 0.2) is 0 Å². The van der Waals surface area contributed by atoms with Crippen LogP contribution in [0.25, 0.3) is 0 Å². The van der Waals surface area contributed by atoms with Crippen molar-refractivity contribution in [3.8, 4) is 0 Å². The lowest BCUT2D eigenvalue weighted by Crippen LogP contribution is -2.20. The summed E-state index contributed by atoms with van der Waals surface area (Å²) in [6, 6.07) is 0.522. The molecule has 0 spiro atoms. The second kappa shape index (κ2) is 4.21. The molecule has 2 rings (SSSR count). The first-order chi connectivity index (χ1) is 7.22. The fraction of sp³-hybridized carbons (Fsp3) is 0.818. The fourth-order valence-corrected chi connectivity index (χ4v) is 2.59. The maximum Gasteiger partial charge on any atom is 0.169 e. The molecule has 0 saturated heterocycles. The smallest absolute Gasteiger partial charge is 0.169 e. The SMILES string of the molecule is CCc1c(N)nnn1C1CCCC(C)C1. The van der Waals surface area contributed by atoms with Gasteiger partial charge in [-0.15, -0.1) is 5.10 Å². The van der Waals surface area contributed by atoms with Gasteiger partial charge < -0.3 is 5.73 Å². The maximum atomic E-state index is 5.80. The molecule has 1 heterocycles. The molecule has 4 nitrogen and oxygen atoms in total. The maximum absolute atomic E-state index is 5.80. The van der Waals surface area contributed by atoms with Crippen molar-refractivity contribution in [1.82, 2.24) is 15.0 Å². The standard InChI is InChI=1S/C11H20N4/c1-3-10-11(12)13-14-15(10)9-6-4-5-8(2)7-9/h8-9H,3-7,12H2,1-2H3. The van der Waals surface area contributed by atoms with Crippen LogP contribution in [0.3, 0.4) is 0 Å². The summed E-state index contributed by atoms with van der Waals surface area (Å²) in [5.74, 6) is 1.41. The highest BCUT2D eigenvalue weighted by atomic mass is 15.5. The summed E-state index contributed by atoms with van der Waals surface area (Å²) in [7, 11) is 0. The van der Waals surface area contributed by atoms with E-state index in [1.807, 2.05) is 0 Å². The zero-order valence-electron chi connectivity index (χ0n) is 9.61. The van der Waals surface area contributed by atoms with Crippen LogP contribution < -0.4 is 5.73 Å². The highest BCUT2D eigenvalue weighted by molar-refractivity contribution is 5.33. The van der Waals surface area contributed by atoms with Crippen molar-refractivity contribution in [1.29, 1.82) is 0 Å². The molecule has 0 aliphatic heterocycles. The van der Waals surface area contributed by atoms with E-state index in [0.717, 1.165) is 18.0 Å². The predicted molar refractivity (Wildman–Crippen MR) is 60.5 cm³/mol. The third-order valence-corrected chi connectivity index (χ3v) is 3.41. The summed E-state index contributed by atoms with van der Waals surface area (Å²) in [6.07, 6.45) is 6.01. The molecule has 0 bridgehead atoms. The molecule has 1 fully saturated rings. The number of nitrogens with two attached hydrogens (primary N) is 1. The summed E-state index contributed by atoms with van der Waals surface area (Å²) in [5, 5.41) is 8.16. The van der Waals surface area contributed by atoms with E-state index >= 15 is 0 Å². The van der Waals surface area contributed by atoms with E-state index in [1.165, 1.54) is 25.7 Å². The summed E-state index contributed by atoms with van der Waals surface area (Å²) in [4.78, 5) is 0. The van der Waals surface area contributed by atoms with Crippen LogP contribution in [0.1, 0.15) is 51.3 Å². The third kappa shape index (κ3) is 1.98. The first-order valence-electron chi connectivity index (χ1n) is 5.92. The summed E-state index contributed by atoms with van der Waals surface area (Å²) in [5.41, 5.74) is 6.90. The van der Waals surface area contributed by atoms with Gasteiger partial charge >= 0.3 is 0 Å². The highest BCUT2D eigenvalue weighted by Crippen LogP contribution is 2.33. The van der Waals surface area contributed by atoms with E-state index in [-0.39, 0.29) is 0 Å². The van der Waals surface area contributed by atoms with Crippen molar-refractivity contribution in [2.45, 2.75) is 52.0 Å². The van der Waals surface area contributed by atoms with Gasteiger partial charge in [-0.1, -0.05) is 31.9 Å². The quantitative estimate of drug-likeness (QED) is 0.810. The number of anilines is 1. The molecular weight excluding hydrogens is 188 g/mol. The van der Waals surface area contributed by atoms with Crippen LogP contribution in [0, 0.1) is 5.92 Å². The minimum Gasteiger partial charge on any atom is -0.381 e. The van der Waals surface area contributed by atoms with Gasteiger partial charge in [0, 0.05) is 0 Å². The van der Waals surface area contributed by atoms with Gasteiger partial charge in [-0.25, -0.2) is 4.68 Å². The van der Waals surface area contributed by atoms with Crippen molar-refractivity contribution in [3.63, 3.8) is 0 Å². The van der Waals surface area contributed by atoms with E-state index in [1.54, 1.807) is 0 Å². The van der Waals surface area contributed by atoms with Gasteiger partial charge in [0.05, 0.1) is 11.7 Å². The van der Waals surface area contributed by atoms with Gasteiger partial charge in [-0.3, -0.25) is 0 Å². The largest absolute Gasteiger partial charge is 0.381 e. The molecule has 1 aliphatic carbocycles. The normalized spacial score (nSPS) is 26.8. The zero-order valence-corrected chi connectivity index (χ0v) is 9.61. The molecule has 1 aliphatic rings. The van der Waals surface area contributed by atoms with E-state index in [0.29, 0.717) is 11.9 Å². The Morgan fingerprint density at radius 1 is 1.47 bits per heavy atom. The number of rotatable bonds is 2. The highest BCUT2D eigenvalue weighted by Gasteiger charge is 2.23. The molecule has 4 heteroatoms. The van der Waals surface area contributed by atoms with Crippen molar-refractivity contribution < 1.29 is 0 Å². The molecule has 84 valence electrons. The topological polar surface area (TPSA) is 56.7 Å². The Morgan fingerprint density at radius 3 is 2.93 bits per heavy atom. The molecular formula is C11H20N4. The lowest BCUT2D eigenvalue weighted by atomic mass is 9.87. The Balaban J connectivity index is 2.20. The average Bonchev–Trinajstić information content (AvgIpc) is 2.59. The summed E-state index contributed by atoms with van der Waals surface area (Å²) in [6.45, 7) is 4.43. The monoisotopic (exact) mass is 208 g/mol. The third-order valence-electron chi connectivity index (χ3n) is 3.41. The van der Waals surface area contributed by atoms with Crippen molar-refractivity contribution in [3.05, 3.63) is 5.69 Å². The summed E-state index contributed by atoms with van der Waals surface area (Å²) >= 11 is 0. The molecule has 2 unspecified atom stereocenters. The van der Waals surface area contributed by atoms with E-state index in [9.17, 15) is 0 Å². The average molecular weight is 208 g/mol. The number of hydrogen-bond donors (Lipinski definition) is 1. The van der Waals surface area contributed by atoms with Gasteiger partial charge in [0.25, 0.3) is 0 Å². The predicted octanol–water partition coefficient (Wildman–Crippen LogP) is 2.17. The first-order valence-corrected chi connectivity index (χ1v) is 5.92. The minimum absolute atomic E-state index is 0.522. The Hall–Kier alpha value is -1.06. The lowest BCUT2D eigenvalue weighted by molar-refractivity contribution is 0.259. The molecule has 2 atom stereocenters. The van der Waals surface area contributed by atoms with E-state index in [2.05, 4.69) is 28.8 Å². The Bertz CT molecular complexity index is 331. The zero-order chi connectivity index (χ0) is 10.8.